The molecule has 0 bridgehead atoms. The molecular formula is C14H24N2O3. The molecule has 0 radical (unpaired) electrons. The fourth-order valence-corrected chi connectivity index (χ4v) is 3.29. The number of piperidine rings is 1. The molecule has 0 spiro atoms. The first-order valence-corrected chi connectivity index (χ1v) is 7.24. The average Bonchev–Trinajstić information content (AvgIpc) is 2.75. The second-order valence-electron chi connectivity index (χ2n) is 6.15. The number of carboxylic acid groups (broad SMARTS) is 1. The van der Waals surface area contributed by atoms with E-state index in [-0.39, 0.29) is 18.4 Å². The first-order chi connectivity index (χ1) is 8.97. The van der Waals surface area contributed by atoms with Gasteiger partial charge in [-0.2, -0.15) is 0 Å². The van der Waals surface area contributed by atoms with Crippen molar-refractivity contribution in [2.24, 2.45) is 11.8 Å². The molecule has 2 amide bonds. The molecule has 19 heavy (non-hydrogen) atoms. The van der Waals surface area contributed by atoms with Crippen LogP contribution < -0.4 is 0 Å². The van der Waals surface area contributed by atoms with Crippen LogP contribution in [0.5, 0.6) is 0 Å². The van der Waals surface area contributed by atoms with E-state index in [1.54, 1.807) is 0 Å². The minimum atomic E-state index is -0.764. The summed E-state index contributed by atoms with van der Waals surface area (Å²) in [6, 6.07) is 0.405. The van der Waals surface area contributed by atoms with Crippen LogP contribution in [0.2, 0.25) is 0 Å². The SMILES string of the molecule is CC1CCN(C(=O)N2CCC(CC(=O)O)C2)C(C)C1. The van der Waals surface area contributed by atoms with Gasteiger partial charge in [-0.1, -0.05) is 6.92 Å². The maximum atomic E-state index is 12.5. The summed E-state index contributed by atoms with van der Waals surface area (Å²) in [5, 5.41) is 8.80. The summed E-state index contributed by atoms with van der Waals surface area (Å²) >= 11 is 0. The smallest absolute Gasteiger partial charge is 0.320 e. The molecule has 2 aliphatic heterocycles. The van der Waals surface area contributed by atoms with Crippen molar-refractivity contribution < 1.29 is 14.7 Å². The number of nitrogens with zero attached hydrogens (tertiary/aromatic N) is 2. The van der Waals surface area contributed by atoms with Gasteiger partial charge in [-0.3, -0.25) is 4.79 Å². The predicted octanol–water partition coefficient (Wildman–Crippen LogP) is 2.02. The van der Waals surface area contributed by atoms with Gasteiger partial charge in [-0.05, 0) is 38.0 Å². The lowest BCUT2D eigenvalue weighted by atomic mass is 9.94. The minimum Gasteiger partial charge on any atom is -0.481 e. The molecule has 0 aromatic carbocycles. The third-order valence-electron chi connectivity index (χ3n) is 4.40. The average molecular weight is 268 g/mol. The van der Waals surface area contributed by atoms with Crippen LogP contribution in [0.25, 0.3) is 0 Å². The van der Waals surface area contributed by atoms with Crippen molar-refractivity contribution in [1.82, 2.24) is 9.80 Å². The third-order valence-corrected chi connectivity index (χ3v) is 4.40. The zero-order chi connectivity index (χ0) is 14.0. The quantitative estimate of drug-likeness (QED) is 0.833. The molecule has 0 aliphatic carbocycles. The molecule has 2 fully saturated rings. The molecule has 2 rings (SSSR count). The summed E-state index contributed by atoms with van der Waals surface area (Å²) in [4.78, 5) is 27.0. The van der Waals surface area contributed by atoms with Crippen molar-refractivity contribution in [2.45, 2.75) is 45.6 Å². The number of carbonyl (C=O) groups is 2. The topological polar surface area (TPSA) is 60.9 Å². The highest BCUT2D eigenvalue weighted by Crippen LogP contribution is 2.26. The zero-order valence-electron chi connectivity index (χ0n) is 11.8. The van der Waals surface area contributed by atoms with Crippen LogP contribution in [0.3, 0.4) is 0 Å². The Balaban J connectivity index is 1.88. The van der Waals surface area contributed by atoms with E-state index in [2.05, 4.69) is 13.8 Å². The maximum absolute atomic E-state index is 12.5. The molecule has 1 N–H and O–H groups in total. The van der Waals surface area contributed by atoms with Crippen LogP contribution in [-0.4, -0.2) is 52.6 Å². The van der Waals surface area contributed by atoms with Crippen molar-refractivity contribution in [1.29, 1.82) is 0 Å². The Morgan fingerprint density at radius 3 is 2.58 bits per heavy atom. The number of likely N-dealkylation sites (tertiary alicyclic amines) is 2. The largest absolute Gasteiger partial charge is 0.481 e. The molecule has 2 saturated heterocycles. The normalized spacial score (nSPS) is 31.6. The fourth-order valence-electron chi connectivity index (χ4n) is 3.29. The molecule has 0 aromatic rings. The van der Waals surface area contributed by atoms with Gasteiger partial charge in [-0.25, -0.2) is 4.79 Å². The molecular weight excluding hydrogens is 244 g/mol. The summed E-state index contributed by atoms with van der Waals surface area (Å²) in [6.45, 7) is 6.48. The number of aliphatic carboxylic acids is 1. The molecule has 0 aromatic heterocycles. The van der Waals surface area contributed by atoms with E-state index >= 15 is 0 Å². The standard InChI is InChI=1S/C14H24N2O3/c1-10-3-6-16(11(2)7-10)14(19)15-5-4-12(9-15)8-13(17)18/h10-12H,3-9H2,1-2H3,(H,17,18). The van der Waals surface area contributed by atoms with Crippen molar-refractivity contribution >= 4 is 12.0 Å². The first-order valence-electron chi connectivity index (χ1n) is 7.24. The van der Waals surface area contributed by atoms with Crippen molar-refractivity contribution in [3.05, 3.63) is 0 Å². The number of urea groups is 1. The summed E-state index contributed by atoms with van der Waals surface area (Å²) < 4.78 is 0. The monoisotopic (exact) mass is 268 g/mol. The van der Waals surface area contributed by atoms with Crippen LogP contribution >= 0.6 is 0 Å². The van der Waals surface area contributed by atoms with Crippen LogP contribution in [0.15, 0.2) is 0 Å². The van der Waals surface area contributed by atoms with Gasteiger partial charge >= 0.3 is 12.0 Å². The van der Waals surface area contributed by atoms with Gasteiger partial charge in [-0.15, -0.1) is 0 Å². The van der Waals surface area contributed by atoms with E-state index in [1.807, 2.05) is 9.80 Å². The van der Waals surface area contributed by atoms with Gasteiger partial charge < -0.3 is 14.9 Å². The Morgan fingerprint density at radius 2 is 1.95 bits per heavy atom. The van der Waals surface area contributed by atoms with Crippen LogP contribution in [-0.2, 0) is 4.79 Å². The number of hydrogen-bond acceptors (Lipinski definition) is 2. The summed E-state index contributed by atoms with van der Waals surface area (Å²) in [5.74, 6) is 0.0531. The molecule has 3 atom stereocenters. The fraction of sp³-hybridized carbons (Fsp3) is 0.857. The van der Waals surface area contributed by atoms with Crippen molar-refractivity contribution in [2.75, 3.05) is 19.6 Å². The molecule has 5 heteroatoms. The lowest BCUT2D eigenvalue weighted by molar-refractivity contribution is -0.138. The molecule has 2 heterocycles. The summed E-state index contributed by atoms with van der Waals surface area (Å²) in [6.07, 6.45) is 3.13. The number of carbonyl (C=O) groups excluding carboxylic acids is 1. The van der Waals surface area contributed by atoms with E-state index in [4.69, 9.17) is 5.11 Å². The van der Waals surface area contributed by atoms with E-state index in [1.165, 1.54) is 0 Å². The summed E-state index contributed by atoms with van der Waals surface area (Å²) in [7, 11) is 0. The van der Waals surface area contributed by atoms with Gasteiger partial charge in [0.25, 0.3) is 0 Å². The Morgan fingerprint density at radius 1 is 1.21 bits per heavy atom. The molecule has 108 valence electrons. The highest BCUT2D eigenvalue weighted by Gasteiger charge is 2.34. The molecule has 5 nitrogen and oxygen atoms in total. The van der Waals surface area contributed by atoms with Gasteiger partial charge in [0.15, 0.2) is 0 Å². The lowest BCUT2D eigenvalue weighted by Gasteiger charge is -2.38. The van der Waals surface area contributed by atoms with Gasteiger partial charge in [0.2, 0.25) is 0 Å². The molecule has 2 aliphatic rings. The van der Waals surface area contributed by atoms with E-state index in [0.29, 0.717) is 25.0 Å². The molecule has 3 unspecified atom stereocenters. The van der Waals surface area contributed by atoms with Crippen LogP contribution in [0.1, 0.15) is 39.5 Å². The Kier molecular flexibility index (Phi) is 4.32. The zero-order valence-corrected chi connectivity index (χ0v) is 11.8. The second-order valence-corrected chi connectivity index (χ2v) is 6.15. The first kappa shape index (κ1) is 14.2. The van der Waals surface area contributed by atoms with Crippen LogP contribution in [0, 0.1) is 11.8 Å². The lowest BCUT2D eigenvalue weighted by Crippen LogP contribution is -2.50. The summed E-state index contributed by atoms with van der Waals surface area (Å²) in [5.41, 5.74) is 0. The number of amides is 2. The molecule has 0 saturated carbocycles. The Labute approximate surface area is 114 Å². The third kappa shape index (κ3) is 3.39. The van der Waals surface area contributed by atoms with Gasteiger partial charge in [0.05, 0.1) is 0 Å². The van der Waals surface area contributed by atoms with E-state index in [0.717, 1.165) is 25.8 Å². The highest BCUT2D eigenvalue weighted by molar-refractivity contribution is 5.75. The van der Waals surface area contributed by atoms with Gasteiger partial charge in [0.1, 0.15) is 0 Å². The van der Waals surface area contributed by atoms with E-state index < -0.39 is 5.97 Å². The highest BCUT2D eigenvalue weighted by atomic mass is 16.4. The van der Waals surface area contributed by atoms with Crippen LogP contribution in [0.4, 0.5) is 4.79 Å². The van der Waals surface area contributed by atoms with Gasteiger partial charge in [0, 0.05) is 32.1 Å². The Bertz CT molecular complexity index is 359. The van der Waals surface area contributed by atoms with Crippen molar-refractivity contribution in [3.8, 4) is 0 Å². The van der Waals surface area contributed by atoms with Crippen molar-refractivity contribution in [3.63, 3.8) is 0 Å². The van der Waals surface area contributed by atoms with E-state index in [9.17, 15) is 9.59 Å². The number of hydrogen-bond donors (Lipinski definition) is 1. The number of rotatable bonds is 2. The number of carboxylic acids is 1. The minimum absolute atomic E-state index is 0.104. The predicted molar refractivity (Wildman–Crippen MR) is 71.9 cm³/mol. The maximum Gasteiger partial charge on any atom is 0.320 e. The Hall–Kier alpha value is -1.26. The second kappa shape index (κ2) is 5.80.